The second kappa shape index (κ2) is 9.43. The summed E-state index contributed by atoms with van der Waals surface area (Å²) in [6.07, 6.45) is 0.847. The van der Waals surface area contributed by atoms with Gasteiger partial charge in [0, 0.05) is 22.7 Å². The molecular weight excluding hydrogens is 326 g/mol. The number of amides is 1. The molecule has 1 amide bonds. The highest BCUT2D eigenvalue weighted by atomic mass is 16.4. The summed E-state index contributed by atoms with van der Waals surface area (Å²) in [7, 11) is 0. The van der Waals surface area contributed by atoms with Gasteiger partial charge in [0.2, 0.25) is 5.91 Å². The van der Waals surface area contributed by atoms with Crippen molar-refractivity contribution in [1.82, 2.24) is 0 Å². The molecule has 2 unspecified atom stereocenters. The quantitative estimate of drug-likeness (QED) is 0.770. The van der Waals surface area contributed by atoms with Crippen LogP contribution in [0.4, 0.5) is 5.69 Å². The zero-order valence-corrected chi connectivity index (χ0v) is 15.0. The zero-order valence-electron chi connectivity index (χ0n) is 15.0. The Bertz CT molecular complexity index is 801. The lowest BCUT2D eigenvalue weighted by molar-refractivity contribution is -0.142. The molecule has 0 spiro atoms. The molecule has 0 aliphatic carbocycles. The molecule has 0 radical (unpaired) electrons. The van der Waals surface area contributed by atoms with Crippen molar-refractivity contribution < 1.29 is 14.7 Å². The summed E-state index contributed by atoms with van der Waals surface area (Å²) in [5.74, 6) is 4.28. The highest BCUT2D eigenvalue weighted by Gasteiger charge is 2.22. The highest BCUT2D eigenvalue weighted by Crippen LogP contribution is 2.18. The van der Waals surface area contributed by atoms with E-state index in [2.05, 4.69) is 17.2 Å². The summed E-state index contributed by atoms with van der Waals surface area (Å²) in [5, 5.41) is 11.9. The molecule has 0 saturated heterocycles. The normalized spacial score (nSPS) is 12.4. The summed E-state index contributed by atoms with van der Waals surface area (Å²) in [6.45, 7) is 3.57. The molecule has 0 aliphatic rings. The molecule has 2 atom stereocenters. The average Bonchev–Trinajstić information content (AvgIpc) is 2.65. The van der Waals surface area contributed by atoms with Crippen LogP contribution in [0.1, 0.15) is 37.8 Å². The Hall–Kier alpha value is -3.06. The third-order valence-corrected chi connectivity index (χ3v) is 4.21. The number of benzene rings is 2. The summed E-state index contributed by atoms with van der Waals surface area (Å²) >= 11 is 0. The number of nitrogens with one attached hydrogen (secondary N) is 1. The fraction of sp³-hybridized carbons (Fsp3) is 0.273. The van der Waals surface area contributed by atoms with E-state index in [9.17, 15) is 9.59 Å². The Morgan fingerprint density at radius 1 is 1.00 bits per heavy atom. The third kappa shape index (κ3) is 5.78. The smallest absolute Gasteiger partial charge is 0.306 e. The van der Waals surface area contributed by atoms with E-state index in [0.29, 0.717) is 18.5 Å². The molecular formula is C22H23NO3. The van der Waals surface area contributed by atoms with Crippen LogP contribution in [0.25, 0.3) is 0 Å². The van der Waals surface area contributed by atoms with Gasteiger partial charge in [-0.3, -0.25) is 9.59 Å². The second-order valence-electron chi connectivity index (χ2n) is 6.26. The van der Waals surface area contributed by atoms with Gasteiger partial charge in [0.25, 0.3) is 0 Å². The van der Waals surface area contributed by atoms with E-state index in [1.165, 1.54) is 0 Å². The molecule has 2 aromatic rings. The van der Waals surface area contributed by atoms with Gasteiger partial charge in [0.15, 0.2) is 0 Å². The van der Waals surface area contributed by atoms with Crippen LogP contribution >= 0.6 is 0 Å². The van der Waals surface area contributed by atoms with Gasteiger partial charge in [0.05, 0.1) is 5.92 Å². The average molecular weight is 349 g/mol. The van der Waals surface area contributed by atoms with Crippen LogP contribution in [-0.4, -0.2) is 17.0 Å². The first-order valence-corrected chi connectivity index (χ1v) is 8.70. The SMILES string of the molecule is CCC(CC(C)C(=O)Nc1ccc(C#Cc2ccccc2)cc1)C(=O)O. The maximum Gasteiger partial charge on any atom is 0.306 e. The minimum Gasteiger partial charge on any atom is -0.481 e. The number of carboxylic acid groups (broad SMARTS) is 1. The molecule has 0 saturated carbocycles. The number of aliphatic carboxylic acids is 1. The Labute approximate surface area is 154 Å². The van der Waals surface area contributed by atoms with Crippen molar-refractivity contribution >= 4 is 17.6 Å². The van der Waals surface area contributed by atoms with Gasteiger partial charge in [-0.05, 0) is 49.2 Å². The third-order valence-electron chi connectivity index (χ3n) is 4.21. The van der Waals surface area contributed by atoms with E-state index < -0.39 is 11.9 Å². The van der Waals surface area contributed by atoms with Crippen molar-refractivity contribution in [3.63, 3.8) is 0 Å². The Morgan fingerprint density at radius 2 is 1.58 bits per heavy atom. The molecule has 0 aliphatic heterocycles. The summed E-state index contributed by atoms with van der Waals surface area (Å²) in [4.78, 5) is 23.4. The summed E-state index contributed by atoms with van der Waals surface area (Å²) in [5.41, 5.74) is 2.48. The molecule has 4 nitrogen and oxygen atoms in total. The second-order valence-corrected chi connectivity index (χ2v) is 6.26. The van der Waals surface area contributed by atoms with E-state index in [1.807, 2.05) is 49.4 Å². The number of hydrogen-bond acceptors (Lipinski definition) is 2. The van der Waals surface area contributed by atoms with Crippen LogP contribution in [0.15, 0.2) is 54.6 Å². The standard InChI is InChI=1S/C22H23NO3/c1-3-19(22(25)26)15-16(2)21(24)23-20-13-11-18(12-14-20)10-9-17-7-5-4-6-8-17/h4-8,11-14,16,19H,3,15H2,1-2H3,(H,23,24)(H,25,26). The molecule has 26 heavy (non-hydrogen) atoms. The first-order chi connectivity index (χ1) is 12.5. The van der Waals surface area contributed by atoms with Crippen LogP contribution in [0.5, 0.6) is 0 Å². The van der Waals surface area contributed by atoms with E-state index in [1.54, 1.807) is 19.1 Å². The van der Waals surface area contributed by atoms with E-state index in [4.69, 9.17) is 5.11 Å². The Kier molecular flexibility index (Phi) is 6.99. The van der Waals surface area contributed by atoms with Crippen molar-refractivity contribution in [2.45, 2.75) is 26.7 Å². The number of rotatable bonds is 6. The number of anilines is 1. The molecule has 0 heterocycles. The fourth-order valence-electron chi connectivity index (χ4n) is 2.54. The monoisotopic (exact) mass is 349 g/mol. The number of carboxylic acids is 1. The number of carbonyl (C=O) groups is 2. The molecule has 0 bridgehead atoms. The van der Waals surface area contributed by atoms with Gasteiger partial charge in [0.1, 0.15) is 0 Å². The van der Waals surface area contributed by atoms with E-state index >= 15 is 0 Å². The topological polar surface area (TPSA) is 66.4 Å². The number of carbonyl (C=O) groups excluding carboxylic acids is 1. The maximum atomic E-state index is 12.3. The zero-order chi connectivity index (χ0) is 18.9. The Balaban J connectivity index is 1.95. The van der Waals surface area contributed by atoms with Gasteiger partial charge in [-0.15, -0.1) is 0 Å². The molecule has 0 aromatic heterocycles. The lowest BCUT2D eigenvalue weighted by Gasteiger charge is -2.16. The largest absolute Gasteiger partial charge is 0.481 e. The first kappa shape index (κ1) is 19.3. The van der Waals surface area contributed by atoms with Crippen LogP contribution < -0.4 is 5.32 Å². The van der Waals surface area contributed by atoms with Crippen LogP contribution in [0, 0.1) is 23.7 Å². The van der Waals surface area contributed by atoms with Crippen molar-refractivity contribution in [3.8, 4) is 11.8 Å². The summed E-state index contributed by atoms with van der Waals surface area (Å²) in [6, 6.07) is 17.0. The van der Waals surface area contributed by atoms with Crippen LogP contribution in [0.3, 0.4) is 0 Å². The molecule has 2 rings (SSSR count). The summed E-state index contributed by atoms with van der Waals surface area (Å²) < 4.78 is 0. The number of hydrogen-bond donors (Lipinski definition) is 2. The molecule has 2 aromatic carbocycles. The van der Waals surface area contributed by atoms with Crippen LogP contribution in [0.2, 0.25) is 0 Å². The van der Waals surface area contributed by atoms with Gasteiger partial charge in [-0.2, -0.15) is 0 Å². The predicted octanol–water partition coefficient (Wildman–Crippen LogP) is 4.16. The molecule has 4 heteroatoms. The minimum absolute atomic E-state index is 0.173. The van der Waals surface area contributed by atoms with Crippen molar-refractivity contribution in [2.75, 3.05) is 5.32 Å². The van der Waals surface area contributed by atoms with Crippen molar-refractivity contribution in [3.05, 3.63) is 65.7 Å². The van der Waals surface area contributed by atoms with E-state index in [0.717, 1.165) is 11.1 Å². The molecule has 2 N–H and O–H groups in total. The predicted molar refractivity (Wildman–Crippen MR) is 103 cm³/mol. The maximum absolute atomic E-state index is 12.3. The minimum atomic E-state index is -0.853. The first-order valence-electron chi connectivity index (χ1n) is 8.70. The van der Waals surface area contributed by atoms with Gasteiger partial charge >= 0.3 is 5.97 Å². The fourth-order valence-corrected chi connectivity index (χ4v) is 2.54. The lowest BCUT2D eigenvalue weighted by Crippen LogP contribution is -2.25. The van der Waals surface area contributed by atoms with Gasteiger partial charge in [-0.25, -0.2) is 0 Å². The van der Waals surface area contributed by atoms with Crippen LogP contribution in [-0.2, 0) is 9.59 Å². The van der Waals surface area contributed by atoms with E-state index in [-0.39, 0.29) is 11.8 Å². The van der Waals surface area contributed by atoms with Crippen molar-refractivity contribution in [2.24, 2.45) is 11.8 Å². The lowest BCUT2D eigenvalue weighted by atomic mass is 9.93. The molecule has 0 fully saturated rings. The van der Waals surface area contributed by atoms with Gasteiger partial charge < -0.3 is 10.4 Å². The Morgan fingerprint density at radius 3 is 2.12 bits per heavy atom. The highest BCUT2D eigenvalue weighted by molar-refractivity contribution is 5.92. The van der Waals surface area contributed by atoms with Gasteiger partial charge in [-0.1, -0.05) is 43.9 Å². The molecule has 134 valence electrons. The van der Waals surface area contributed by atoms with Crippen molar-refractivity contribution in [1.29, 1.82) is 0 Å².